The van der Waals surface area contributed by atoms with E-state index >= 15 is 0 Å². The van der Waals surface area contributed by atoms with Crippen LogP contribution in [0.15, 0.2) is 42.9 Å². The van der Waals surface area contributed by atoms with Crippen molar-refractivity contribution in [1.29, 1.82) is 0 Å². The monoisotopic (exact) mass is 751 g/mol. The fourth-order valence-corrected chi connectivity index (χ4v) is 8.04. The molecule has 1 fully saturated rings. The summed E-state index contributed by atoms with van der Waals surface area (Å²) in [6, 6.07) is 7.72. The summed E-state index contributed by atoms with van der Waals surface area (Å²) in [6.45, 7) is 9.48. The number of hydrogen-bond acceptors (Lipinski definition) is 12. The lowest BCUT2D eigenvalue weighted by Crippen LogP contribution is -2.54. The standard InChI is InChI=1S/C40H53N11O4/c1-21(2)28(46-40(53)54-5)16-24(9-7-13-41)36-48-35-27-19-42-29(17-25(27)18-44-38(35)49-36)23-11-12-26-30(15-23)43-20-31-34(26)47-37(45-31)32-10-8-14-51(32)39(52)33(22(3)4)50-55-6/h11-12,15,17-22,24,28,32-33,37,45,47,50H,7-10,13-14,16,41H2,1-6H3,(H,46,53)(H,44,48,49)/t24?,28-,32+,33+,37?/m1/s1. The maximum atomic E-state index is 13.6. The first-order valence-corrected chi connectivity index (χ1v) is 19.3. The average Bonchev–Trinajstić information content (AvgIpc) is 3.96. The van der Waals surface area contributed by atoms with Gasteiger partial charge in [0.15, 0.2) is 5.65 Å². The number of imidazole rings is 1. The molecule has 15 heteroatoms. The van der Waals surface area contributed by atoms with Gasteiger partial charge in [0.25, 0.3) is 0 Å². The number of fused-ring (bicyclic) bond motifs is 6. The quantitative estimate of drug-likeness (QED) is 0.0765. The van der Waals surface area contributed by atoms with Gasteiger partial charge >= 0.3 is 6.09 Å². The minimum absolute atomic E-state index is 0.0145. The molecule has 15 nitrogen and oxygen atoms in total. The second-order valence-electron chi connectivity index (χ2n) is 15.4. The van der Waals surface area contributed by atoms with E-state index in [2.05, 4.69) is 58.5 Å². The Bertz CT molecular complexity index is 2170. The number of anilines is 2. The molecule has 6 heterocycles. The molecule has 2 aliphatic rings. The minimum Gasteiger partial charge on any atom is -0.453 e. The van der Waals surface area contributed by atoms with Gasteiger partial charge in [-0.05, 0) is 68.7 Å². The molecular formula is C40H53N11O4. The molecule has 2 amide bonds. The molecule has 5 aromatic rings. The van der Waals surface area contributed by atoms with E-state index in [1.807, 2.05) is 43.4 Å². The third kappa shape index (κ3) is 7.73. The van der Waals surface area contributed by atoms with Gasteiger partial charge in [-0.15, -0.1) is 0 Å². The Morgan fingerprint density at radius 2 is 1.85 bits per heavy atom. The molecule has 1 aromatic carbocycles. The van der Waals surface area contributed by atoms with Crippen molar-refractivity contribution in [2.75, 3.05) is 37.9 Å². The molecule has 7 N–H and O–H groups in total. The zero-order valence-electron chi connectivity index (χ0n) is 32.5. The smallest absolute Gasteiger partial charge is 0.407 e. The number of pyridine rings is 3. The van der Waals surface area contributed by atoms with E-state index in [0.29, 0.717) is 25.2 Å². The lowest BCUT2D eigenvalue weighted by molar-refractivity contribution is -0.139. The summed E-state index contributed by atoms with van der Waals surface area (Å²) in [7, 11) is 2.92. The molecular weight excluding hydrogens is 699 g/mol. The van der Waals surface area contributed by atoms with Gasteiger partial charge in [0.05, 0.1) is 54.6 Å². The number of ether oxygens (including phenoxy) is 1. The van der Waals surface area contributed by atoms with Crippen molar-refractivity contribution in [3.05, 3.63) is 48.7 Å². The number of carbonyl (C=O) groups is 2. The maximum Gasteiger partial charge on any atom is 0.407 e. The first-order chi connectivity index (χ1) is 26.6. The number of benzene rings is 1. The van der Waals surface area contributed by atoms with Crippen molar-refractivity contribution >= 4 is 56.2 Å². The molecule has 0 radical (unpaired) electrons. The van der Waals surface area contributed by atoms with Crippen LogP contribution in [0.4, 0.5) is 16.2 Å². The number of aromatic amines is 1. The number of carbonyl (C=O) groups excluding carboxylic acids is 2. The first kappa shape index (κ1) is 38.2. The van der Waals surface area contributed by atoms with Gasteiger partial charge in [-0.3, -0.25) is 14.8 Å². The van der Waals surface area contributed by atoms with E-state index in [1.54, 1.807) is 7.11 Å². The summed E-state index contributed by atoms with van der Waals surface area (Å²) >= 11 is 0. The summed E-state index contributed by atoms with van der Waals surface area (Å²) in [5, 5.41) is 13.1. The van der Waals surface area contributed by atoms with Crippen LogP contribution in [0.3, 0.4) is 0 Å². The molecule has 0 saturated carbocycles. The number of nitrogens with one attached hydrogen (secondary N) is 5. The highest BCUT2D eigenvalue weighted by atomic mass is 16.6. The number of nitrogens with two attached hydrogens (primary N) is 1. The zero-order chi connectivity index (χ0) is 38.8. The molecule has 4 aromatic heterocycles. The van der Waals surface area contributed by atoms with Crippen molar-refractivity contribution in [2.24, 2.45) is 17.6 Å². The van der Waals surface area contributed by atoms with Crippen molar-refractivity contribution in [3.63, 3.8) is 0 Å². The fourth-order valence-electron chi connectivity index (χ4n) is 8.04. The Kier molecular flexibility index (Phi) is 11.3. The second-order valence-corrected chi connectivity index (χ2v) is 15.4. The van der Waals surface area contributed by atoms with Gasteiger partial charge in [-0.2, -0.15) is 5.48 Å². The zero-order valence-corrected chi connectivity index (χ0v) is 32.5. The predicted molar refractivity (Wildman–Crippen MR) is 214 cm³/mol. The number of amides is 2. The van der Waals surface area contributed by atoms with Crippen molar-refractivity contribution in [3.8, 4) is 11.3 Å². The lowest BCUT2D eigenvalue weighted by atomic mass is 9.89. The van der Waals surface area contributed by atoms with Gasteiger partial charge in [-0.25, -0.2) is 14.8 Å². The first-order valence-electron chi connectivity index (χ1n) is 19.3. The van der Waals surface area contributed by atoms with E-state index in [1.165, 1.54) is 7.11 Å². The molecule has 0 aliphatic carbocycles. The van der Waals surface area contributed by atoms with Gasteiger partial charge in [0.2, 0.25) is 5.91 Å². The van der Waals surface area contributed by atoms with Crippen LogP contribution in [0.25, 0.3) is 44.1 Å². The summed E-state index contributed by atoms with van der Waals surface area (Å²) < 4.78 is 4.89. The fraction of sp³-hybridized carbons (Fsp3) is 0.500. The molecule has 0 spiro atoms. The van der Waals surface area contributed by atoms with E-state index < -0.39 is 12.1 Å². The van der Waals surface area contributed by atoms with Gasteiger partial charge in [0, 0.05) is 52.6 Å². The third-order valence-electron chi connectivity index (χ3n) is 11.1. The van der Waals surface area contributed by atoms with Crippen LogP contribution in [0.2, 0.25) is 0 Å². The number of methoxy groups -OCH3 is 1. The van der Waals surface area contributed by atoms with Crippen molar-refractivity contribution in [1.82, 2.24) is 40.6 Å². The second kappa shape index (κ2) is 16.3. The Labute approximate surface area is 320 Å². The summed E-state index contributed by atoms with van der Waals surface area (Å²) in [4.78, 5) is 55.8. The number of nitrogens with zero attached hydrogens (tertiary/aromatic N) is 5. The largest absolute Gasteiger partial charge is 0.453 e. The molecule has 2 aliphatic heterocycles. The van der Waals surface area contributed by atoms with Crippen LogP contribution in [0.5, 0.6) is 0 Å². The van der Waals surface area contributed by atoms with Gasteiger partial charge < -0.3 is 41.1 Å². The van der Waals surface area contributed by atoms with Crippen LogP contribution in [-0.4, -0.2) is 93.4 Å². The number of H-pyrrole nitrogens is 1. The summed E-state index contributed by atoms with van der Waals surface area (Å²) in [5.74, 6) is 1.19. The van der Waals surface area contributed by atoms with E-state index in [0.717, 1.165) is 81.3 Å². The van der Waals surface area contributed by atoms with Gasteiger partial charge in [0.1, 0.15) is 18.0 Å². The highest BCUT2D eigenvalue weighted by molar-refractivity contribution is 6.04. The normalized spacial score (nSPS) is 18.5. The number of hydrogen-bond donors (Lipinski definition) is 6. The maximum absolute atomic E-state index is 13.6. The highest BCUT2D eigenvalue weighted by Gasteiger charge is 2.41. The van der Waals surface area contributed by atoms with Crippen molar-refractivity contribution < 1.29 is 19.2 Å². The van der Waals surface area contributed by atoms with Crippen LogP contribution in [0, 0.1) is 11.8 Å². The molecule has 1 saturated heterocycles. The molecule has 5 atom stereocenters. The minimum atomic E-state index is -0.444. The molecule has 55 heavy (non-hydrogen) atoms. The number of likely N-dealkylation sites (tertiary alicyclic amines) is 1. The number of rotatable bonds is 14. The Hall–Kier alpha value is -5.12. The van der Waals surface area contributed by atoms with Crippen LogP contribution >= 0.6 is 0 Å². The molecule has 2 unspecified atom stereocenters. The molecule has 0 bridgehead atoms. The predicted octanol–water partition coefficient (Wildman–Crippen LogP) is 5.64. The average molecular weight is 752 g/mol. The molecule has 292 valence electrons. The number of alkyl carbamates (subject to hydrolysis) is 1. The van der Waals surface area contributed by atoms with Crippen molar-refractivity contribution in [2.45, 2.75) is 90.0 Å². The lowest BCUT2D eigenvalue weighted by Gasteiger charge is -2.33. The van der Waals surface area contributed by atoms with E-state index in [4.69, 9.17) is 35.2 Å². The topological polar surface area (TPSA) is 197 Å². The van der Waals surface area contributed by atoms with Gasteiger partial charge in [-0.1, -0.05) is 33.8 Å². The Morgan fingerprint density at radius 1 is 1.02 bits per heavy atom. The highest BCUT2D eigenvalue weighted by Crippen LogP contribution is 2.39. The number of aromatic nitrogens is 5. The summed E-state index contributed by atoms with van der Waals surface area (Å²) in [5.41, 5.74) is 14.7. The van der Waals surface area contributed by atoms with Crippen LogP contribution < -0.4 is 27.2 Å². The van der Waals surface area contributed by atoms with E-state index in [9.17, 15) is 9.59 Å². The third-order valence-corrected chi connectivity index (χ3v) is 11.1. The number of hydroxylamine groups is 1. The van der Waals surface area contributed by atoms with Crippen LogP contribution in [0.1, 0.15) is 71.5 Å². The SMILES string of the molecule is CON[C@H](C(=O)N1CCC[C@H]1C1Nc2cnc3cc(-c4cc5cnc6nc(C(CCCN)C[C@@H](NC(=O)OC)C(C)C)[nH]c6c5cn4)ccc3c2N1)C(C)C. The molecule has 7 rings (SSSR count). The van der Waals surface area contributed by atoms with E-state index in [-0.39, 0.29) is 41.9 Å². The Balaban J connectivity index is 1.12. The summed E-state index contributed by atoms with van der Waals surface area (Å²) in [6.07, 6.45) is 9.16. The van der Waals surface area contributed by atoms with Crippen LogP contribution in [-0.2, 0) is 14.4 Å². The Morgan fingerprint density at radius 3 is 2.60 bits per heavy atom.